The van der Waals surface area contributed by atoms with Gasteiger partial charge in [-0.3, -0.25) is 9.69 Å². The first-order valence-corrected chi connectivity index (χ1v) is 10.4. The van der Waals surface area contributed by atoms with Gasteiger partial charge in [0.25, 0.3) is 5.91 Å². The highest BCUT2D eigenvalue weighted by molar-refractivity contribution is 6.12. The molecule has 158 valence electrons. The van der Waals surface area contributed by atoms with E-state index >= 15 is 0 Å². The molecule has 1 aromatic heterocycles. The topological polar surface area (TPSA) is 63.9 Å². The minimum atomic E-state index is -0.170. The number of ether oxygens (including phenoxy) is 2. The lowest BCUT2D eigenvalue weighted by Crippen LogP contribution is -2.29. The number of fused-ring (bicyclic) bond motifs is 1. The van der Waals surface area contributed by atoms with Gasteiger partial charge in [0.1, 0.15) is 22.8 Å². The van der Waals surface area contributed by atoms with Crippen LogP contribution in [0.1, 0.15) is 35.2 Å². The molecule has 2 aromatic carbocycles. The van der Waals surface area contributed by atoms with Crippen LogP contribution in [0.2, 0.25) is 0 Å². The molecule has 0 bridgehead atoms. The molecule has 30 heavy (non-hydrogen) atoms. The number of methoxy groups -OCH3 is 2. The monoisotopic (exact) mass is 408 g/mol. The molecule has 1 aliphatic heterocycles. The number of furan rings is 1. The zero-order valence-electron chi connectivity index (χ0n) is 17.8. The summed E-state index contributed by atoms with van der Waals surface area (Å²) in [5, 5.41) is 3.63. The van der Waals surface area contributed by atoms with E-state index in [1.54, 1.807) is 21.3 Å². The number of piperidine rings is 1. The summed E-state index contributed by atoms with van der Waals surface area (Å²) in [6, 6.07) is 11.4. The average Bonchev–Trinajstić information content (AvgIpc) is 3.19. The molecule has 0 unspecified atom stereocenters. The predicted molar refractivity (Wildman–Crippen MR) is 117 cm³/mol. The number of hydrogen-bond donors (Lipinski definition) is 1. The molecule has 4 rings (SSSR count). The van der Waals surface area contributed by atoms with Gasteiger partial charge in [-0.05, 0) is 49.7 Å². The standard InChI is InChI=1S/C24H28N2O4/c1-25-24(27)22-21-17(15-26-10-5-4-6-11-26)13-19(29-3)14-20(21)30-23(22)16-8-7-9-18(12-16)28-2/h7-9,12-14H,4-6,10-11,15H2,1-3H3,(H,25,27). The van der Waals surface area contributed by atoms with Gasteiger partial charge >= 0.3 is 0 Å². The van der Waals surface area contributed by atoms with Crippen LogP contribution < -0.4 is 14.8 Å². The van der Waals surface area contributed by atoms with Gasteiger partial charge in [-0.25, -0.2) is 0 Å². The van der Waals surface area contributed by atoms with Crippen molar-refractivity contribution in [3.05, 3.63) is 47.5 Å². The van der Waals surface area contributed by atoms with Gasteiger partial charge in [-0.15, -0.1) is 0 Å². The number of carbonyl (C=O) groups is 1. The van der Waals surface area contributed by atoms with E-state index in [-0.39, 0.29) is 5.91 Å². The third-order valence-electron chi connectivity index (χ3n) is 5.71. The second-order valence-corrected chi connectivity index (χ2v) is 7.61. The second-order valence-electron chi connectivity index (χ2n) is 7.61. The number of nitrogens with zero attached hydrogens (tertiary/aromatic N) is 1. The number of likely N-dealkylation sites (tertiary alicyclic amines) is 1. The van der Waals surface area contributed by atoms with E-state index in [0.29, 0.717) is 22.7 Å². The summed E-state index contributed by atoms with van der Waals surface area (Å²) in [6.07, 6.45) is 3.69. The van der Waals surface area contributed by atoms with Crippen molar-refractivity contribution in [2.24, 2.45) is 0 Å². The molecule has 6 nitrogen and oxygen atoms in total. The Bertz CT molecular complexity index is 1050. The lowest BCUT2D eigenvalue weighted by Gasteiger charge is -2.26. The fraction of sp³-hybridized carbons (Fsp3) is 0.375. The van der Waals surface area contributed by atoms with Crippen molar-refractivity contribution in [2.45, 2.75) is 25.8 Å². The number of benzene rings is 2. The number of rotatable bonds is 6. The number of nitrogens with one attached hydrogen (secondary N) is 1. The van der Waals surface area contributed by atoms with Crippen LogP contribution >= 0.6 is 0 Å². The highest BCUT2D eigenvalue weighted by atomic mass is 16.5. The molecule has 1 N–H and O–H groups in total. The van der Waals surface area contributed by atoms with Crippen LogP contribution in [-0.2, 0) is 6.54 Å². The summed E-state index contributed by atoms with van der Waals surface area (Å²) in [6.45, 7) is 2.89. The first-order chi connectivity index (χ1) is 14.6. The van der Waals surface area contributed by atoms with Crippen LogP contribution in [0.15, 0.2) is 40.8 Å². The Hall–Kier alpha value is -2.99. The first kappa shape index (κ1) is 20.3. The highest BCUT2D eigenvalue weighted by Gasteiger charge is 2.26. The van der Waals surface area contributed by atoms with E-state index in [9.17, 15) is 4.79 Å². The van der Waals surface area contributed by atoms with Gasteiger partial charge in [0, 0.05) is 30.6 Å². The van der Waals surface area contributed by atoms with Crippen molar-refractivity contribution in [1.29, 1.82) is 0 Å². The molecule has 6 heteroatoms. The summed E-state index contributed by atoms with van der Waals surface area (Å²) < 4.78 is 17.2. The SMILES string of the molecule is CNC(=O)c1c(-c2cccc(OC)c2)oc2cc(OC)cc(CN3CCCCC3)c12. The number of amides is 1. The lowest BCUT2D eigenvalue weighted by atomic mass is 9.99. The predicted octanol–water partition coefficient (Wildman–Crippen LogP) is 4.46. The van der Waals surface area contributed by atoms with Crippen molar-refractivity contribution < 1.29 is 18.7 Å². The minimum Gasteiger partial charge on any atom is -0.497 e. The lowest BCUT2D eigenvalue weighted by molar-refractivity contribution is 0.0964. The van der Waals surface area contributed by atoms with Crippen LogP contribution in [0, 0.1) is 0 Å². The van der Waals surface area contributed by atoms with Gasteiger partial charge < -0.3 is 19.2 Å². The van der Waals surface area contributed by atoms with Crippen molar-refractivity contribution in [1.82, 2.24) is 10.2 Å². The summed E-state index contributed by atoms with van der Waals surface area (Å²) >= 11 is 0. The Morgan fingerprint density at radius 1 is 1.07 bits per heavy atom. The minimum absolute atomic E-state index is 0.170. The summed E-state index contributed by atoms with van der Waals surface area (Å²) in [7, 11) is 4.92. The van der Waals surface area contributed by atoms with Gasteiger partial charge in [0.05, 0.1) is 19.8 Å². The average molecular weight is 408 g/mol. The Morgan fingerprint density at radius 3 is 2.53 bits per heavy atom. The van der Waals surface area contributed by atoms with Gasteiger partial charge in [-0.1, -0.05) is 18.6 Å². The van der Waals surface area contributed by atoms with E-state index in [4.69, 9.17) is 13.9 Å². The molecule has 0 radical (unpaired) electrons. The highest BCUT2D eigenvalue weighted by Crippen LogP contribution is 2.39. The Morgan fingerprint density at radius 2 is 1.83 bits per heavy atom. The van der Waals surface area contributed by atoms with Crippen molar-refractivity contribution >= 4 is 16.9 Å². The summed E-state index contributed by atoms with van der Waals surface area (Å²) in [4.78, 5) is 15.4. The summed E-state index contributed by atoms with van der Waals surface area (Å²) in [5.41, 5.74) is 3.04. The van der Waals surface area contributed by atoms with Crippen molar-refractivity contribution in [3.8, 4) is 22.8 Å². The maximum atomic E-state index is 13.0. The smallest absolute Gasteiger partial charge is 0.255 e. The largest absolute Gasteiger partial charge is 0.497 e. The molecule has 2 heterocycles. The molecule has 1 saturated heterocycles. The quantitative estimate of drug-likeness (QED) is 0.652. The molecule has 0 aliphatic carbocycles. The van der Waals surface area contributed by atoms with Gasteiger partial charge in [-0.2, -0.15) is 0 Å². The van der Waals surface area contributed by atoms with Gasteiger partial charge in [0.15, 0.2) is 0 Å². The number of hydrogen-bond acceptors (Lipinski definition) is 5. The van der Waals surface area contributed by atoms with Crippen molar-refractivity contribution in [3.63, 3.8) is 0 Å². The molecule has 1 amide bonds. The zero-order valence-corrected chi connectivity index (χ0v) is 17.8. The Kier molecular flexibility index (Phi) is 5.95. The second kappa shape index (κ2) is 8.79. The maximum absolute atomic E-state index is 13.0. The van der Waals surface area contributed by atoms with Crippen LogP contribution in [0.3, 0.4) is 0 Å². The third kappa shape index (κ3) is 3.87. The van der Waals surface area contributed by atoms with Crippen LogP contribution in [0.5, 0.6) is 11.5 Å². The van der Waals surface area contributed by atoms with Crippen molar-refractivity contribution in [2.75, 3.05) is 34.4 Å². The van der Waals surface area contributed by atoms with Crippen LogP contribution in [0.4, 0.5) is 0 Å². The van der Waals surface area contributed by atoms with Gasteiger partial charge in [0.2, 0.25) is 0 Å². The Balaban J connectivity index is 1.92. The van der Waals surface area contributed by atoms with Crippen LogP contribution in [-0.4, -0.2) is 45.2 Å². The molecule has 1 fully saturated rings. The fourth-order valence-corrected chi connectivity index (χ4v) is 4.19. The van der Waals surface area contributed by atoms with E-state index in [1.165, 1.54) is 19.3 Å². The third-order valence-corrected chi connectivity index (χ3v) is 5.71. The molecule has 0 spiro atoms. The molecule has 0 saturated carbocycles. The molecule has 3 aromatic rings. The van der Waals surface area contributed by atoms with E-state index in [0.717, 1.165) is 41.9 Å². The number of carbonyl (C=O) groups excluding carboxylic acids is 1. The zero-order chi connectivity index (χ0) is 21.1. The molecular formula is C24H28N2O4. The fourth-order valence-electron chi connectivity index (χ4n) is 4.19. The van der Waals surface area contributed by atoms with Crippen LogP contribution in [0.25, 0.3) is 22.3 Å². The van der Waals surface area contributed by atoms with E-state index in [1.807, 2.05) is 36.4 Å². The molecule has 0 atom stereocenters. The first-order valence-electron chi connectivity index (χ1n) is 10.4. The van der Waals surface area contributed by atoms with E-state index in [2.05, 4.69) is 10.2 Å². The Labute approximate surface area is 176 Å². The van der Waals surface area contributed by atoms with E-state index < -0.39 is 0 Å². The normalized spacial score (nSPS) is 14.6. The maximum Gasteiger partial charge on any atom is 0.255 e. The molecule has 1 aliphatic rings. The summed E-state index contributed by atoms with van der Waals surface area (Å²) in [5.74, 6) is 1.80. The molecular weight excluding hydrogens is 380 g/mol.